The maximum Gasteiger partial charge on any atom is 0.255 e. The Kier molecular flexibility index (Phi) is 7.54. The Morgan fingerprint density at radius 3 is 2.39 bits per heavy atom. The van der Waals surface area contributed by atoms with Gasteiger partial charge in [0.05, 0.1) is 11.7 Å². The zero-order valence-corrected chi connectivity index (χ0v) is 22.4. The average molecular weight is 529 g/mol. The van der Waals surface area contributed by atoms with Crippen molar-refractivity contribution in [1.82, 2.24) is 19.7 Å². The van der Waals surface area contributed by atoms with Crippen molar-refractivity contribution in [1.29, 1.82) is 0 Å². The number of hydrogen-bond acceptors (Lipinski definition) is 3. The average Bonchev–Trinajstić information content (AvgIpc) is 3.62. The van der Waals surface area contributed by atoms with Crippen molar-refractivity contribution in [3.05, 3.63) is 95.6 Å². The first-order chi connectivity index (χ1) is 18.1. The summed E-state index contributed by atoms with van der Waals surface area (Å²) in [7, 11) is 2.08. The molecule has 1 saturated heterocycles. The molecule has 0 aliphatic carbocycles. The normalized spacial score (nSPS) is 17.0. The molecule has 7 heteroatoms. The lowest BCUT2D eigenvalue weighted by Gasteiger charge is -2.26. The van der Waals surface area contributed by atoms with Crippen molar-refractivity contribution in [2.24, 2.45) is 7.05 Å². The number of aryl methyl sites for hydroxylation is 1. The van der Waals surface area contributed by atoms with E-state index in [0.29, 0.717) is 12.1 Å². The Hall–Kier alpha value is -3.61. The van der Waals surface area contributed by atoms with Crippen molar-refractivity contribution in [3.8, 4) is 11.3 Å². The lowest BCUT2D eigenvalue weighted by atomic mass is 9.93. The van der Waals surface area contributed by atoms with Crippen molar-refractivity contribution in [2.45, 2.75) is 18.9 Å². The largest absolute Gasteiger partial charge is 0.353 e. The van der Waals surface area contributed by atoms with Gasteiger partial charge < -0.3 is 19.7 Å². The SMILES string of the molecule is Cl.Cn1c(-c2ccccc2)c(C2c3ccccc3C(=O)N2CC(=O)NCCN2CCCC2)c2ccccc21. The molecule has 1 N–H and O–H groups in total. The lowest BCUT2D eigenvalue weighted by molar-refractivity contribution is -0.122. The van der Waals surface area contributed by atoms with Gasteiger partial charge in [-0.1, -0.05) is 66.7 Å². The molecule has 6 rings (SSSR count). The summed E-state index contributed by atoms with van der Waals surface area (Å²) in [4.78, 5) is 31.0. The molecule has 1 atom stereocenters. The summed E-state index contributed by atoms with van der Waals surface area (Å²) in [5, 5.41) is 4.16. The summed E-state index contributed by atoms with van der Waals surface area (Å²) in [6.07, 6.45) is 2.45. The molecule has 3 heterocycles. The molecule has 0 spiro atoms. The van der Waals surface area contributed by atoms with Gasteiger partial charge in [-0.05, 0) is 49.2 Å². The van der Waals surface area contributed by atoms with Crippen LogP contribution in [0.4, 0.5) is 0 Å². The van der Waals surface area contributed by atoms with Crippen LogP contribution < -0.4 is 5.32 Å². The zero-order valence-electron chi connectivity index (χ0n) is 21.6. The minimum atomic E-state index is -0.352. The van der Waals surface area contributed by atoms with Crippen LogP contribution in [0.1, 0.15) is 40.4 Å². The standard InChI is InChI=1S/C31H32N4O2.ClH/c1-33-26-16-8-7-15-25(26)28(29(33)22-11-3-2-4-12-22)30-23-13-5-6-14-24(23)31(37)35(30)21-27(36)32-17-20-34-18-9-10-19-34;/h2-8,11-16,30H,9-10,17-21H2,1H3,(H,32,36);1H. The van der Waals surface area contributed by atoms with E-state index in [9.17, 15) is 9.59 Å². The van der Waals surface area contributed by atoms with Crippen LogP contribution in [-0.4, -0.2) is 58.9 Å². The molecule has 0 radical (unpaired) electrons. The van der Waals surface area contributed by atoms with Gasteiger partial charge in [0.1, 0.15) is 6.54 Å². The van der Waals surface area contributed by atoms with Crippen LogP contribution >= 0.6 is 12.4 Å². The van der Waals surface area contributed by atoms with Gasteiger partial charge in [0.15, 0.2) is 0 Å². The molecule has 6 nitrogen and oxygen atoms in total. The van der Waals surface area contributed by atoms with E-state index in [4.69, 9.17) is 0 Å². The van der Waals surface area contributed by atoms with Gasteiger partial charge in [-0.15, -0.1) is 12.4 Å². The van der Waals surface area contributed by atoms with Crippen LogP contribution in [0.15, 0.2) is 78.9 Å². The van der Waals surface area contributed by atoms with Crippen LogP contribution in [0.2, 0.25) is 0 Å². The topological polar surface area (TPSA) is 57.6 Å². The summed E-state index contributed by atoms with van der Waals surface area (Å²) in [6.45, 7) is 3.67. The number of amides is 2. The number of carbonyl (C=O) groups excluding carboxylic acids is 2. The van der Waals surface area contributed by atoms with Crippen molar-refractivity contribution in [2.75, 3.05) is 32.7 Å². The van der Waals surface area contributed by atoms with Gasteiger partial charge in [-0.25, -0.2) is 0 Å². The Labute approximate surface area is 229 Å². The molecule has 2 aliphatic rings. The smallest absolute Gasteiger partial charge is 0.255 e. The first kappa shape index (κ1) is 26.0. The predicted molar refractivity (Wildman–Crippen MR) is 154 cm³/mol. The highest BCUT2D eigenvalue weighted by atomic mass is 35.5. The Balaban J connectivity index is 0.00000294. The van der Waals surface area contributed by atoms with Crippen molar-refractivity contribution in [3.63, 3.8) is 0 Å². The monoisotopic (exact) mass is 528 g/mol. The highest BCUT2D eigenvalue weighted by molar-refractivity contribution is 6.03. The number of para-hydroxylation sites is 1. The number of likely N-dealkylation sites (tertiary alicyclic amines) is 1. The number of carbonyl (C=O) groups is 2. The van der Waals surface area contributed by atoms with Crippen LogP contribution in [0.3, 0.4) is 0 Å². The third-order valence-electron chi connectivity index (χ3n) is 7.79. The molecule has 1 unspecified atom stereocenters. The van der Waals surface area contributed by atoms with Gasteiger partial charge in [0.25, 0.3) is 5.91 Å². The van der Waals surface area contributed by atoms with E-state index in [-0.39, 0.29) is 36.8 Å². The molecule has 2 amide bonds. The minimum absolute atomic E-state index is 0. The minimum Gasteiger partial charge on any atom is -0.353 e. The summed E-state index contributed by atoms with van der Waals surface area (Å²) >= 11 is 0. The fraction of sp³-hybridized carbons (Fsp3) is 0.290. The van der Waals surface area contributed by atoms with Crippen LogP contribution in [0.5, 0.6) is 0 Å². The van der Waals surface area contributed by atoms with E-state index in [0.717, 1.165) is 52.9 Å². The van der Waals surface area contributed by atoms with E-state index in [2.05, 4.69) is 46.1 Å². The van der Waals surface area contributed by atoms with Crippen LogP contribution in [0, 0.1) is 0 Å². The predicted octanol–water partition coefficient (Wildman–Crippen LogP) is 5.02. The molecular formula is C31H33ClN4O2. The summed E-state index contributed by atoms with van der Waals surface area (Å²) < 4.78 is 2.21. The van der Waals surface area contributed by atoms with Gasteiger partial charge in [0.2, 0.25) is 5.91 Å². The Bertz CT molecular complexity index is 1460. The van der Waals surface area contributed by atoms with Crippen molar-refractivity contribution < 1.29 is 9.59 Å². The number of fused-ring (bicyclic) bond motifs is 2. The molecule has 3 aromatic carbocycles. The molecule has 0 bridgehead atoms. The number of nitrogens with one attached hydrogen (secondary N) is 1. The maximum atomic E-state index is 13.7. The fourth-order valence-electron chi connectivity index (χ4n) is 6.06. The van der Waals surface area contributed by atoms with Gasteiger partial charge in [0, 0.05) is 42.2 Å². The number of hydrogen-bond donors (Lipinski definition) is 1. The third kappa shape index (κ3) is 4.59. The highest BCUT2D eigenvalue weighted by Crippen LogP contribution is 2.46. The number of halogens is 1. The first-order valence-electron chi connectivity index (χ1n) is 13.1. The van der Waals surface area contributed by atoms with E-state index >= 15 is 0 Å². The maximum absolute atomic E-state index is 13.7. The third-order valence-corrected chi connectivity index (χ3v) is 7.79. The van der Waals surface area contributed by atoms with Gasteiger partial charge in [-0.3, -0.25) is 9.59 Å². The molecule has 4 aromatic rings. The van der Waals surface area contributed by atoms with Gasteiger partial charge >= 0.3 is 0 Å². The lowest BCUT2D eigenvalue weighted by Crippen LogP contribution is -2.42. The summed E-state index contributed by atoms with van der Waals surface area (Å²) in [5.74, 6) is -0.214. The Morgan fingerprint density at radius 1 is 0.921 bits per heavy atom. The van der Waals surface area contributed by atoms with Crippen LogP contribution in [-0.2, 0) is 11.8 Å². The number of aromatic nitrogens is 1. The molecule has 2 aliphatic heterocycles. The summed E-state index contributed by atoms with van der Waals surface area (Å²) in [6, 6.07) is 26.0. The number of benzene rings is 3. The molecule has 1 fully saturated rings. The molecule has 38 heavy (non-hydrogen) atoms. The molecular weight excluding hydrogens is 496 g/mol. The summed E-state index contributed by atoms with van der Waals surface area (Å²) in [5.41, 5.74) is 5.93. The molecule has 196 valence electrons. The van der Waals surface area contributed by atoms with Crippen molar-refractivity contribution >= 4 is 35.1 Å². The van der Waals surface area contributed by atoms with E-state index < -0.39 is 0 Å². The van der Waals surface area contributed by atoms with E-state index in [1.807, 2.05) is 54.6 Å². The molecule has 1 aromatic heterocycles. The van der Waals surface area contributed by atoms with Gasteiger partial charge in [-0.2, -0.15) is 0 Å². The van der Waals surface area contributed by atoms with Crippen LogP contribution in [0.25, 0.3) is 22.2 Å². The fourth-order valence-corrected chi connectivity index (χ4v) is 6.06. The second-order valence-electron chi connectivity index (χ2n) is 10.0. The van der Waals surface area contributed by atoms with E-state index in [1.54, 1.807) is 4.90 Å². The molecule has 0 saturated carbocycles. The number of nitrogens with zero attached hydrogens (tertiary/aromatic N) is 3. The zero-order chi connectivity index (χ0) is 25.4. The Morgan fingerprint density at radius 2 is 1.61 bits per heavy atom. The second kappa shape index (κ2) is 11.0. The quantitative estimate of drug-likeness (QED) is 0.366. The van der Waals surface area contributed by atoms with E-state index in [1.165, 1.54) is 12.8 Å². The second-order valence-corrected chi connectivity index (χ2v) is 10.0. The number of rotatable bonds is 7. The highest BCUT2D eigenvalue weighted by Gasteiger charge is 2.41. The first-order valence-corrected chi connectivity index (χ1v) is 13.1.